The molecule has 0 bridgehead atoms. The molecule has 5 heteroatoms. The predicted molar refractivity (Wildman–Crippen MR) is 76.7 cm³/mol. The van der Waals surface area contributed by atoms with E-state index in [2.05, 4.69) is 15.9 Å². The molecule has 0 aliphatic carbocycles. The van der Waals surface area contributed by atoms with E-state index in [0.717, 1.165) is 36.3 Å². The van der Waals surface area contributed by atoms with Crippen LogP contribution < -0.4 is 5.69 Å². The number of imidazole rings is 1. The molecule has 0 spiro atoms. The third-order valence-electron chi connectivity index (χ3n) is 3.41. The fraction of sp³-hybridized carbons (Fsp3) is 0.357. The van der Waals surface area contributed by atoms with E-state index in [9.17, 15) is 4.79 Å². The lowest BCUT2D eigenvalue weighted by molar-refractivity contribution is 0.182. The van der Waals surface area contributed by atoms with Crippen molar-refractivity contribution in [1.29, 1.82) is 0 Å². The molecule has 3 rings (SSSR count). The van der Waals surface area contributed by atoms with E-state index in [1.54, 1.807) is 9.13 Å². The average molecular weight is 323 g/mol. The zero-order chi connectivity index (χ0) is 13.2. The van der Waals surface area contributed by atoms with Crippen LogP contribution in [0.1, 0.15) is 6.42 Å². The van der Waals surface area contributed by atoms with Crippen LogP contribution in [-0.4, -0.2) is 22.3 Å². The summed E-state index contributed by atoms with van der Waals surface area (Å²) in [5.41, 5.74) is 0.880. The molecule has 1 unspecified atom stereocenters. The van der Waals surface area contributed by atoms with E-state index >= 15 is 0 Å². The van der Waals surface area contributed by atoms with Gasteiger partial charge in [-0.25, -0.2) is 4.79 Å². The molecule has 1 aliphatic heterocycles. The third kappa shape index (κ3) is 2.67. The predicted octanol–water partition coefficient (Wildman–Crippen LogP) is 2.44. The lowest BCUT2D eigenvalue weighted by atomic mass is 10.1. The van der Waals surface area contributed by atoms with Gasteiger partial charge < -0.3 is 4.74 Å². The number of nitrogens with zero attached hydrogens (tertiary/aromatic N) is 2. The van der Waals surface area contributed by atoms with Crippen molar-refractivity contribution in [1.82, 2.24) is 9.13 Å². The van der Waals surface area contributed by atoms with Gasteiger partial charge in [-0.1, -0.05) is 22.0 Å². The molecule has 2 aromatic rings. The molecule has 2 heterocycles. The van der Waals surface area contributed by atoms with Gasteiger partial charge in [0.25, 0.3) is 0 Å². The average Bonchev–Trinajstić information content (AvgIpc) is 3.01. The Bertz CT molecular complexity index is 626. The van der Waals surface area contributed by atoms with Crippen LogP contribution in [0.4, 0.5) is 0 Å². The summed E-state index contributed by atoms with van der Waals surface area (Å²) in [6, 6.07) is 7.73. The highest BCUT2D eigenvalue weighted by molar-refractivity contribution is 9.10. The zero-order valence-corrected chi connectivity index (χ0v) is 12.0. The highest BCUT2D eigenvalue weighted by Gasteiger charge is 2.17. The molecule has 1 fully saturated rings. The van der Waals surface area contributed by atoms with Crippen molar-refractivity contribution >= 4 is 15.9 Å². The third-order valence-corrected chi connectivity index (χ3v) is 3.91. The van der Waals surface area contributed by atoms with Gasteiger partial charge >= 0.3 is 5.69 Å². The molecular formula is C14H15BrN2O2. The Balaban J connectivity index is 1.88. The van der Waals surface area contributed by atoms with Gasteiger partial charge in [0.05, 0.1) is 12.3 Å². The number of rotatable bonds is 3. The largest absolute Gasteiger partial charge is 0.381 e. The molecule has 0 saturated carbocycles. The van der Waals surface area contributed by atoms with Crippen molar-refractivity contribution in [3.8, 4) is 5.69 Å². The number of hydrogen-bond donors (Lipinski definition) is 0. The highest BCUT2D eigenvalue weighted by Crippen LogP contribution is 2.16. The van der Waals surface area contributed by atoms with Crippen LogP contribution in [-0.2, 0) is 11.3 Å². The molecule has 1 aromatic carbocycles. The lowest BCUT2D eigenvalue weighted by Crippen LogP contribution is -2.25. The summed E-state index contributed by atoms with van der Waals surface area (Å²) in [6.07, 6.45) is 4.70. The number of halogens is 1. The first-order chi connectivity index (χ1) is 9.24. The van der Waals surface area contributed by atoms with Crippen molar-refractivity contribution in [2.45, 2.75) is 13.0 Å². The summed E-state index contributed by atoms with van der Waals surface area (Å²) >= 11 is 3.42. The zero-order valence-electron chi connectivity index (χ0n) is 10.5. The monoisotopic (exact) mass is 322 g/mol. The Kier molecular flexibility index (Phi) is 3.57. The number of benzene rings is 1. The first-order valence-electron chi connectivity index (χ1n) is 6.35. The fourth-order valence-electron chi connectivity index (χ4n) is 2.38. The first kappa shape index (κ1) is 12.7. The van der Waals surface area contributed by atoms with Crippen molar-refractivity contribution in [3.63, 3.8) is 0 Å². The van der Waals surface area contributed by atoms with Gasteiger partial charge in [0.2, 0.25) is 0 Å². The molecular weight excluding hydrogens is 308 g/mol. The molecule has 1 atom stereocenters. The SMILES string of the molecule is O=c1n(CC2CCOC2)ccn1-c1cccc(Br)c1. The molecule has 0 amide bonds. The first-order valence-corrected chi connectivity index (χ1v) is 7.15. The van der Waals surface area contributed by atoms with Gasteiger partial charge in [-0.15, -0.1) is 0 Å². The van der Waals surface area contributed by atoms with E-state index in [4.69, 9.17) is 4.74 Å². The normalized spacial score (nSPS) is 18.9. The number of ether oxygens (including phenoxy) is 1. The lowest BCUT2D eigenvalue weighted by Gasteiger charge is -2.07. The van der Waals surface area contributed by atoms with E-state index in [1.807, 2.05) is 36.7 Å². The van der Waals surface area contributed by atoms with Gasteiger partial charge in [-0.2, -0.15) is 0 Å². The smallest absolute Gasteiger partial charge is 0.332 e. The number of aromatic nitrogens is 2. The van der Waals surface area contributed by atoms with Crippen LogP contribution in [0.25, 0.3) is 5.69 Å². The van der Waals surface area contributed by atoms with E-state index in [1.165, 1.54) is 0 Å². The van der Waals surface area contributed by atoms with E-state index in [-0.39, 0.29) is 5.69 Å². The summed E-state index contributed by atoms with van der Waals surface area (Å²) < 4.78 is 9.75. The van der Waals surface area contributed by atoms with E-state index in [0.29, 0.717) is 5.92 Å². The molecule has 1 aromatic heterocycles. The van der Waals surface area contributed by atoms with Crippen LogP contribution in [0.5, 0.6) is 0 Å². The van der Waals surface area contributed by atoms with Crippen LogP contribution in [0, 0.1) is 5.92 Å². The molecule has 0 N–H and O–H groups in total. The molecule has 100 valence electrons. The minimum absolute atomic E-state index is 0.00463. The molecule has 1 aliphatic rings. The van der Waals surface area contributed by atoms with Gasteiger partial charge in [-0.05, 0) is 24.6 Å². The summed E-state index contributed by atoms with van der Waals surface area (Å²) in [5, 5.41) is 0. The summed E-state index contributed by atoms with van der Waals surface area (Å²) in [7, 11) is 0. The molecule has 19 heavy (non-hydrogen) atoms. The van der Waals surface area contributed by atoms with Gasteiger partial charge in [0.15, 0.2) is 0 Å². The Hall–Kier alpha value is -1.33. The fourth-order valence-corrected chi connectivity index (χ4v) is 2.77. The van der Waals surface area contributed by atoms with Crippen molar-refractivity contribution in [3.05, 3.63) is 51.6 Å². The van der Waals surface area contributed by atoms with Crippen LogP contribution in [0.15, 0.2) is 45.9 Å². The number of hydrogen-bond acceptors (Lipinski definition) is 2. The second-order valence-corrected chi connectivity index (χ2v) is 5.73. The Labute approximate surface area is 119 Å². The summed E-state index contributed by atoms with van der Waals surface area (Å²) in [6.45, 7) is 2.31. The maximum Gasteiger partial charge on any atom is 0.332 e. The molecule has 4 nitrogen and oxygen atoms in total. The standard InChI is InChI=1S/C14H15BrN2O2/c15-12-2-1-3-13(8-12)17-6-5-16(14(17)18)9-11-4-7-19-10-11/h1-3,5-6,8,11H,4,7,9-10H2. The maximum atomic E-state index is 12.3. The topological polar surface area (TPSA) is 36.2 Å². The van der Waals surface area contributed by atoms with Crippen molar-refractivity contribution in [2.24, 2.45) is 5.92 Å². The van der Waals surface area contributed by atoms with Gasteiger partial charge in [0, 0.05) is 35.9 Å². The summed E-state index contributed by atoms with van der Waals surface area (Å²) in [5.74, 6) is 0.455. The second-order valence-electron chi connectivity index (χ2n) is 4.81. The van der Waals surface area contributed by atoms with Crippen LogP contribution >= 0.6 is 15.9 Å². The minimum atomic E-state index is 0.00463. The summed E-state index contributed by atoms with van der Waals surface area (Å²) in [4.78, 5) is 12.3. The Morgan fingerprint density at radius 2 is 2.26 bits per heavy atom. The Morgan fingerprint density at radius 1 is 1.37 bits per heavy atom. The van der Waals surface area contributed by atoms with E-state index < -0.39 is 0 Å². The highest BCUT2D eigenvalue weighted by atomic mass is 79.9. The maximum absolute atomic E-state index is 12.3. The van der Waals surface area contributed by atoms with Crippen molar-refractivity contribution in [2.75, 3.05) is 13.2 Å². The molecule has 1 saturated heterocycles. The quantitative estimate of drug-likeness (QED) is 0.870. The van der Waals surface area contributed by atoms with Crippen LogP contribution in [0.3, 0.4) is 0 Å². The van der Waals surface area contributed by atoms with Crippen LogP contribution in [0.2, 0.25) is 0 Å². The molecule has 0 radical (unpaired) electrons. The van der Waals surface area contributed by atoms with Crippen molar-refractivity contribution < 1.29 is 4.74 Å². The van der Waals surface area contributed by atoms with Gasteiger partial charge in [0.1, 0.15) is 0 Å². The Morgan fingerprint density at radius 3 is 3.00 bits per heavy atom. The minimum Gasteiger partial charge on any atom is -0.381 e. The second kappa shape index (κ2) is 5.35. The van der Waals surface area contributed by atoms with Gasteiger partial charge in [-0.3, -0.25) is 9.13 Å².